The minimum Gasteiger partial charge on any atom is -0.492 e. The number of aliphatic hydroxyl groups is 1. The van der Waals surface area contributed by atoms with Gasteiger partial charge in [-0.25, -0.2) is 0 Å². The first kappa shape index (κ1) is 20.0. The highest BCUT2D eigenvalue weighted by atomic mass is 16.5. The number of nitrogens with one attached hydrogen (secondary N) is 1. The number of carbonyl (C=O) groups is 2. The maximum Gasteiger partial charge on any atom is 0.252 e. The van der Waals surface area contributed by atoms with Crippen molar-refractivity contribution in [1.82, 2.24) is 15.1 Å². The largest absolute Gasteiger partial charge is 0.492 e. The van der Waals surface area contributed by atoms with Crippen LogP contribution in [0.2, 0.25) is 0 Å². The molecule has 3 saturated carbocycles. The lowest BCUT2D eigenvalue weighted by molar-refractivity contribution is -0.133. The zero-order valence-electron chi connectivity index (χ0n) is 18.1. The summed E-state index contributed by atoms with van der Waals surface area (Å²) < 4.78 is 13.3. The molecule has 33 heavy (non-hydrogen) atoms. The summed E-state index contributed by atoms with van der Waals surface area (Å²) in [6.07, 6.45) is 3.85. The van der Waals surface area contributed by atoms with Crippen LogP contribution in [0, 0.1) is 10.8 Å². The van der Waals surface area contributed by atoms with Gasteiger partial charge in [0.15, 0.2) is 0 Å². The molecule has 1 spiro atoms. The minimum absolute atomic E-state index is 0.0349. The smallest absolute Gasteiger partial charge is 0.252 e. The first-order valence-corrected chi connectivity index (χ1v) is 10.9. The molecule has 0 aliphatic heterocycles. The molecular weight excluding hydrogens is 424 g/mol. The molecule has 0 saturated heterocycles. The van der Waals surface area contributed by atoms with Crippen molar-refractivity contribution in [3.8, 4) is 17.2 Å². The number of aryl methyl sites for hydroxylation is 1. The second-order valence-electron chi connectivity index (χ2n) is 9.44. The van der Waals surface area contributed by atoms with Crippen LogP contribution in [-0.4, -0.2) is 45.5 Å². The van der Waals surface area contributed by atoms with E-state index in [1.165, 1.54) is 0 Å². The summed E-state index contributed by atoms with van der Waals surface area (Å²) in [5.41, 5.74) is 5.66. The summed E-state index contributed by atoms with van der Waals surface area (Å²) in [7, 11) is 1.81. The van der Waals surface area contributed by atoms with Crippen LogP contribution in [0.4, 0.5) is 0 Å². The number of primary amides is 1. The first-order valence-electron chi connectivity index (χ1n) is 10.9. The van der Waals surface area contributed by atoms with Crippen molar-refractivity contribution in [3.63, 3.8) is 0 Å². The van der Waals surface area contributed by atoms with Gasteiger partial charge < -0.3 is 25.6 Å². The molecule has 2 amide bonds. The molecule has 0 radical (unpaired) electrons. The molecule has 9 nitrogen and oxygen atoms in total. The van der Waals surface area contributed by atoms with Gasteiger partial charge >= 0.3 is 0 Å². The summed E-state index contributed by atoms with van der Waals surface area (Å²) in [6.45, 7) is 0.738. The van der Waals surface area contributed by atoms with E-state index in [0.29, 0.717) is 36.8 Å². The van der Waals surface area contributed by atoms with Crippen molar-refractivity contribution in [3.05, 3.63) is 48.2 Å². The Morgan fingerprint density at radius 2 is 1.94 bits per heavy atom. The highest BCUT2D eigenvalue weighted by Gasteiger charge is 2.99. The van der Waals surface area contributed by atoms with Gasteiger partial charge in [-0.05, 0) is 49.6 Å². The third-order valence-electron chi connectivity index (χ3n) is 7.60. The fraction of sp³-hybridized carbons (Fsp3) is 0.375. The molecule has 3 fully saturated rings. The van der Waals surface area contributed by atoms with Gasteiger partial charge in [-0.2, -0.15) is 5.10 Å². The maximum atomic E-state index is 12.4. The lowest BCUT2D eigenvalue weighted by Gasteiger charge is -2.29. The Labute approximate surface area is 189 Å². The summed E-state index contributed by atoms with van der Waals surface area (Å²) in [6, 6.07) is 10.4. The van der Waals surface area contributed by atoms with Gasteiger partial charge in [0.2, 0.25) is 5.91 Å². The number of fused-ring (bicyclic) bond motifs is 1. The number of aromatic nitrogens is 2. The molecule has 3 unspecified atom stereocenters. The standard InChI is InChI=1S/C24H24N4O5/c1-28-18-9-19(17(20(25)29)8-14(18)10-27-28)33-16-4-2-15(3-5-16)32-7-6-26-21(30)22-11-23(22)13-24(23,31)12-22/h2-5,8-10,31H,6-7,11-13H2,1H3,(H2,25,29)(H,26,30). The number of rotatable bonds is 8. The summed E-state index contributed by atoms with van der Waals surface area (Å²) in [4.78, 5) is 24.3. The summed E-state index contributed by atoms with van der Waals surface area (Å²) >= 11 is 0. The predicted octanol–water partition coefficient (Wildman–Crippen LogP) is 1.87. The molecule has 2 aromatic carbocycles. The Balaban J connectivity index is 1.05. The van der Waals surface area contributed by atoms with Crippen molar-refractivity contribution < 1.29 is 24.2 Å². The highest BCUT2D eigenvalue weighted by molar-refractivity contribution is 6.00. The van der Waals surface area contributed by atoms with Gasteiger partial charge in [0.25, 0.3) is 5.91 Å². The van der Waals surface area contributed by atoms with Crippen LogP contribution >= 0.6 is 0 Å². The van der Waals surface area contributed by atoms with Crippen LogP contribution in [-0.2, 0) is 11.8 Å². The molecule has 3 aliphatic rings. The third kappa shape index (κ3) is 2.78. The van der Waals surface area contributed by atoms with E-state index in [1.807, 2.05) is 7.05 Å². The normalized spacial score (nSPS) is 28.3. The first-order chi connectivity index (χ1) is 15.8. The average molecular weight is 448 g/mol. The Kier molecular flexibility index (Phi) is 3.93. The minimum atomic E-state index is -0.581. The molecule has 1 aromatic heterocycles. The molecule has 3 atom stereocenters. The Morgan fingerprint density at radius 3 is 2.58 bits per heavy atom. The molecule has 4 N–H and O–H groups in total. The van der Waals surface area contributed by atoms with Crippen molar-refractivity contribution in [2.45, 2.75) is 24.9 Å². The number of amides is 2. The average Bonchev–Trinajstić information content (AvgIpc) is 3.43. The molecule has 1 heterocycles. The van der Waals surface area contributed by atoms with Gasteiger partial charge in [0.1, 0.15) is 23.9 Å². The van der Waals surface area contributed by atoms with Crippen molar-refractivity contribution in [2.75, 3.05) is 13.2 Å². The molecular formula is C24H24N4O5. The van der Waals surface area contributed by atoms with Gasteiger partial charge in [0, 0.05) is 23.9 Å². The van der Waals surface area contributed by atoms with Crippen molar-refractivity contribution in [2.24, 2.45) is 23.6 Å². The van der Waals surface area contributed by atoms with E-state index in [0.717, 1.165) is 23.7 Å². The van der Waals surface area contributed by atoms with Crippen LogP contribution in [0.5, 0.6) is 17.2 Å². The second kappa shape index (κ2) is 6.48. The van der Waals surface area contributed by atoms with Crippen LogP contribution < -0.4 is 20.5 Å². The predicted molar refractivity (Wildman–Crippen MR) is 118 cm³/mol. The van der Waals surface area contributed by atoms with E-state index < -0.39 is 11.5 Å². The van der Waals surface area contributed by atoms with Crippen LogP contribution in [0.25, 0.3) is 10.9 Å². The molecule has 3 aliphatic carbocycles. The van der Waals surface area contributed by atoms with Gasteiger partial charge in [-0.15, -0.1) is 0 Å². The summed E-state index contributed by atoms with van der Waals surface area (Å²) in [5.74, 6) is 0.968. The summed E-state index contributed by atoms with van der Waals surface area (Å²) in [5, 5.41) is 18.0. The van der Waals surface area contributed by atoms with Crippen molar-refractivity contribution in [1.29, 1.82) is 0 Å². The molecule has 9 heteroatoms. The van der Waals surface area contributed by atoms with Gasteiger partial charge in [-0.3, -0.25) is 14.3 Å². The third-order valence-corrected chi connectivity index (χ3v) is 7.60. The van der Waals surface area contributed by atoms with Crippen LogP contribution in [0.15, 0.2) is 42.6 Å². The van der Waals surface area contributed by atoms with Crippen LogP contribution in [0.3, 0.4) is 0 Å². The topological polar surface area (TPSA) is 129 Å². The van der Waals surface area contributed by atoms with Crippen LogP contribution in [0.1, 0.15) is 29.6 Å². The Hall–Kier alpha value is -3.59. The number of ether oxygens (including phenoxy) is 2. The van der Waals surface area contributed by atoms with Crippen molar-refractivity contribution >= 4 is 22.7 Å². The number of benzene rings is 2. The number of nitrogens with zero attached hydrogens (tertiary/aromatic N) is 2. The maximum absolute atomic E-state index is 12.4. The molecule has 6 rings (SSSR count). The molecule has 0 bridgehead atoms. The number of hydrogen-bond acceptors (Lipinski definition) is 6. The highest BCUT2D eigenvalue weighted by Crippen LogP contribution is 2.96. The zero-order chi connectivity index (χ0) is 23.0. The zero-order valence-corrected chi connectivity index (χ0v) is 18.1. The van der Waals surface area contributed by atoms with E-state index in [-0.39, 0.29) is 22.3 Å². The van der Waals surface area contributed by atoms with E-state index in [1.54, 1.807) is 47.3 Å². The lowest BCUT2D eigenvalue weighted by atomic mass is 9.81. The fourth-order valence-corrected chi connectivity index (χ4v) is 5.69. The Bertz CT molecular complexity index is 1320. The lowest BCUT2D eigenvalue weighted by Crippen LogP contribution is -2.44. The number of carbonyl (C=O) groups excluding carboxylic acids is 2. The Morgan fingerprint density at radius 1 is 1.18 bits per heavy atom. The van der Waals surface area contributed by atoms with E-state index in [4.69, 9.17) is 15.2 Å². The fourth-order valence-electron chi connectivity index (χ4n) is 5.69. The monoisotopic (exact) mass is 448 g/mol. The van der Waals surface area contributed by atoms with E-state index >= 15 is 0 Å². The quantitative estimate of drug-likeness (QED) is 0.451. The molecule has 3 aromatic rings. The second-order valence-corrected chi connectivity index (χ2v) is 9.44. The van der Waals surface area contributed by atoms with E-state index in [2.05, 4.69) is 10.4 Å². The van der Waals surface area contributed by atoms with E-state index in [9.17, 15) is 14.7 Å². The molecule has 170 valence electrons. The van der Waals surface area contributed by atoms with Gasteiger partial charge in [0.05, 0.1) is 34.8 Å². The van der Waals surface area contributed by atoms with Gasteiger partial charge in [-0.1, -0.05) is 0 Å². The number of nitrogens with two attached hydrogens (primary N) is 1. The SMILES string of the molecule is Cn1ncc2cc(C(N)=O)c(Oc3ccc(OCCNC(=O)C45CC6(O)CC64C5)cc3)cc21. The number of hydrogen-bond donors (Lipinski definition) is 3.